The number of phenolic OH excluding ortho intramolecular Hbond substituents is 2. The number of aromatic hydroxyl groups is 2. The molecule has 0 saturated carbocycles. The molecule has 0 aliphatic carbocycles. The highest BCUT2D eigenvalue weighted by Gasteiger charge is 2.14. The molecule has 0 amide bonds. The second-order valence-electron chi connectivity index (χ2n) is 3.86. The average molecular weight is 224 g/mol. The number of benzene rings is 1. The van der Waals surface area contributed by atoms with E-state index >= 15 is 0 Å². The first-order chi connectivity index (χ1) is 7.69. The van der Waals surface area contributed by atoms with Gasteiger partial charge in [0.1, 0.15) is 11.5 Å². The summed E-state index contributed by atoms with van der Waals surface area (Å²) in [6.45, 7) is 4.79. The van der Waals surface area contributed by atoms with Gasteiger partial charge in [-0.05, 0) is 31.0 Å². The van der Waals surface area contributed by atoms with Crippen molar-refractivity contribution in [3.8, 4) is 11.5 Å². The quantitative estimate of drug-likeness (QED) is 0.575. The van der Waals surface area contributed by atoms with Gasteiger partial charge in [0.05, 0.1) is 6.10 Å². The predicted octanol–water partition coefficient (Wildman–Crippen LogP) is 3.37. The molecule has 0 fully saturated rings. The summed E-state index contributed by atoms with van der Waals surface area (Å²) < 4.78 is 5.68. The molecule has 1 aromatic rings. The lowest BCUT2D eigenvalue weighted by Gasteiger charge is -2.17. The second-order valence-corrected chi connectivity index (χ2v) is 3.86. The Kier molecular flexibility index (Phi) is 5.12. The fourth-order valence-corrected chi connectivity index (χ4v) is 1.60. The van der Waals surface area contributed by atoms with Crippen molar-refractivity contribution in [1.29, 1.82) is 0 Å². The van der Waals surface area contributed by atoms with Crippen LogP contribution in [0.25, 0.3) is 0 Å². The third-order valence-corrected chi connectivity index (χ3v) is 2.55. The van der Waals surface area contributed by atoms with Crippen LogP contribution in [0.5, 0.6) is 11.5 Å². The van der Waals surface area contributed by atoms with Crippen molar-refractivity contribution in [3.05, 3.63) is 23.8 Å². The Morgan fingerprint density at radius 2 is 2.00 bits per heavy atom. The molecule has 1 rings (SSSR count). The van der Waals surface area contributed by atoms with Crippen molar-refractivity contribution in [3.63, 3.8) is 0 Å². The first-order valence-electron chi connectivity index (χ1n) is 5.82. The zero-order chi connectivity index (χ0) is 12.0. The molecule has 16 heavy (non-hydrogen) atoms. The van der Waals surface area contributed by atoms with Crippen LogP contribution in [0.3, 0.4) is 0 Å². The van der Waals surface area contributed by atoms with Gasteiger partial charge >= 0.3 is 0 Å². The summed E-state index contributed by atoms with van der Waals surface area (Å²) in [5.74, 6) is 0.339. The SMILES string of the molecule is CCCCOC(CC)c1cc(O)ccc1O. The molecular formula is C13H20O3. The fourth-order valence-electron chi connectivity index (χ4n) is 1.60. The van der Waals surface area contributed by atoms with Gasteiger partial charge in [-0.15, -0.1) is 0 Å². The van der Waals surface area contributed by atoms with Gasteiger partial charge in [0.2, 0.25) is 0 Å². The predicted molar refractivity (Wildman–Crippen MR) is 63.7 cm³/mol. The van der Waals surface area contributed by atoms with E-state index in [9.17, 15) is 10.2 Å². The standard InChI is InChI=1S/C13H20O3/c1-3-5-8-16-13(4-2)11-9-10(14)6-7-12(11)15/h6-7,9,13-15H,3-5,8H2,1-2H3. The van der Waals surface area contributed by atoms with Gasteiger partial charge in [-0.25, -0.2) is 0 Å². The number of hydrogen-bond acceptors (Lipinski definition) is 3. The lowest BCUT2D eigenvalue weighted by Crippen LogP contribution is -2.04. The Balaban J connectivity index is 2.73. The molecule has 0 radical (unpaired) electrons. The van der Waals surface area contributed by atoms with E-state index < -0.39 is 0 Å². The minimum atomic E-state index is -0.140. The molecule has 0 saturated heterocycles. The number of phenols is 2. The number of unbranched alkanes of at least 4 members (excludes halogenated alkanes) is 1. The Labute approximate surface area is 96.7 Å². The number of ether oxygens (including phenoxy) is 1. The van der Waals surface area contributed by atoms with Gasteiger partial charge in [-0.1, -0.05) is 20.3 Å². The maximum atomic E-state index is 9.70. The van der Waals surface area contributed by atoms with Crippen LogP contribution >= 0.6 is 0 Å². The minimum Gasteiger partial charge on any atom is -0.508 e. The molecule has 1 unspecified atom stereocenters. The van der Waals surface area contributed by atoms with Crippen molar-refractivity contribution in [2.75, 3.05) is 6.61 Å². The average Bonchev–Trinajstić information content (AvgIpc) is 2.28. The van der Waals surface area contributed by atoms with E-state index in [-0.39, 0.29) is 17.6 Å². The zero-order valence-corrected chi connectivity index (χ0v) is 9.94. The normalized spacial score (nSPS) is 12.6. The summed E-state index contributed by atoms with van der Waals surface area (Å²) in [7, 11) is 0. The van der Waals surface area contributed by atoms with Crippen LogP contribution in [-0.4, -0.2) is 16.8 Å². The van der Waals surface area contributed by atoms with Crippen LogP contribution in [0.1, 0.15) is 44.8 Å². The summed E-state index contributed by atoms with van der Waals surface area (Å²) in [5, 5.41) is 19.1. The smallest absolute Gasteiger partial charge is 0.121 e. The fraction of sp³-hybridized carbons (Fsp3) is 0.538. The van der Waals surface area contributed by atoms with Crippen molar-refractivity contribution in [2.45, 2.75) is 39.2 Å². The number of rotatable bonds is 6. The Hall–Kier alpha value is -1.22. The van der Waals surface area contributed by atoms with Crippen molar-refractivity contribution >= 4 is 0 Å². The lowest BCUT2D eigenvalue weighted by atomic mass is 10.1. The molecule has 0 heterocycles. The molecule has 0 aromatic heterocycles. The molecule has 0 aliphatic heterocycles. The molecule has 1 atom stereocenters. The van der Waals surface area contributed by atoms with Gasteiger partial charge < -0.3 is 14.9 Å². The van der Waals surface area contributed by atoms with Crippen LogP contribution in [-0.2, 0) is 4.74 Å². The van der Waals surface area contributed by atoms with Crippen molar-refractivity contribution in [2.24, 2.45) is 0 Å². The van der Waals surface area contributed by atoms with Crippen LogP contribution in [0.4, 0.5) is 0 Å². The summed E-state index contributed by atoms with van der Waals surface area (Å²) >= 11 is 0. The van der Waals surface area contributed by atoms with Crippen molar-refractivity contribution < 1.29 is 14.9 Å². The molecule has 2 N–H and O–H groups in total. The zero-order valence-electron chi connectivity index (χ0n) is 9.94. The van der Waals surface area contributed by atoms with Gasteiger partial charge in [-0.3, -0.25) is 0 Å². The molecule has 0 bridgehead atoms. The van der Waals surface area contributed by atoms with E-state index in [1.54, 1.807) is 6.07 Å². The van der Waals surface area contributed by atoms with Crippen LogP contribution in [0, 0.1) is 0 Å². The third-order valence-electron chi connectivity index (χ3n) is 2.55. The first kappa shape index (κ1) is 12.8. The molecule has 3 nitrogen and oxygen atoms in total. The van der Waals surface area contributed by atoms with Gasteiger partial charge in [0.15, 0.2) is 0 Å². The highest BCUT2D eigenvalue weighted by Crippen LogP contribution is 2.32. The van der Waals surface area contributed by atoms with Gasteiger partial charge in [-0.2, -0.15) is 0 Å². The van der Waals surface area contributed by atoms with E-state index in [2.05, 4.69) is 6.92 Å². The summed E-state index contributed by atoms with van der Waals surface area (Å²) in [5.41, 5.74) is 0.665. The maximum absolute atomic E-state index is 9.70. The summed E-state index contributed by atoms with van der Waals surface area (Å²) in [4.78, 5) is 0. The van der Waals surface area contributed by atoms with Gasteiger partial charge in [0, 0.05) is 12.2 Å². The lowest BCUT2D eigenvalue weighted by molar-refractivity contribution is 0.0464. The van der Waals surface area contributed by atoms with Crippen LogP contribution in [0.2, 0.25) is 0 Å². The molecule has 90 valence electrons. The Bertz CT molecular complexity index is 323. The second kappa shape index (κ2) is 6.38. The van der Waals surface area contributed by atoms with E-state index in [0.717, 1.165) is 19.3 Å². The highest BCUT2D eigenvalue weighted by atomic mass is 16.5. The Morgan fingerprint density at radius 3 is 2.62 bits per heavy atom. The monoisotopic (exact) mass is 224 g/mol. The first-order valence-corrected chi connectivity index (χ1v) is 5.82. The highest BCUT2D eigenvalue weighted by molar-refractivity contribution is 5.40. The largest absolute Gasteiger partial charge is 0.508 e. The molecule has 0 spiro atoms. The summed E-state index contributed by atoms with van der Waals surface area (Å²) in [6, 6.07) is 4.53. The minimum absolute atomic E-state index is 0.140. The maximum Gasteiger partial charge on any atom is 0.121 e. The molecular weight excluding hydrogens is 204 g/mol. The van der Waals surface area contributed by atoms with E-state index in [1.807, 2.05) is 6.92 Å². The van der Waals surface area contributed by atoms with Crippen molar-refractivity contribution in [1.82, 2.24) is 0 Å². The van der Waals surface area contributed by atoms with Gasteiger partial charge in [0.25, 0.3) is 0 Å². The molecule has 0 aliphatic rings. The Morgan fingerprint density at radius 1 is 1.25 bits per heavy atom. The van der Waals surface area contributed by atoms with Crippen LogP contribution < -0.4 is 0 Å². The third kappa shape index (κ3) is 3.42. The van der Waals surface area contributed by atoms with Crippen LogP contribution in [0.15, 0.2) is 18.2 Å². The van der Waals surface area contributed by atoms with E-state index in [1.165, 1.54) is 12.1 Å². The summed E-state index contributed by atoms with van der Waals surface area (Å²) in [6.07, 6.45) is 2.73. The van der Waals surface area contributed by atoms with E-state index in [0.29, 0.717) is 12.2 Å². The van der Waals surface area contributed by atoms with E-state index in [4.69, 9.17) is 4.74 Å². The topological polar surface area (TPSA) is 49.7 Å². The molecule has 1 aromatic carbocycles. The molecule has 3 heteroatoms. The number of hydrogen-bond donors (Lipinski definition) is 2.